The topological polar surface area (TPSA) is 92.7 Å². The van der Waals surface area contributed by atoms with Gasteiger partial charge in [0.15, 0.2) is 0 Å². The monoisotopic (exact) mass is 331 g/mol. The minimum atomic E-state index is -0.407. The van der Waals surface area contributed by atoms with Crippen molar-refractivity contribution >= 4 is 5.91 Å². The van der Waals surface area contributed by atoms with E-state index in [0.717, 1.165) is 25.2 Å². The molecule has 0 unspecified atom stereocenters. The third-order valence-corrected chi connectivity index (χ3v) is 3.73. The standard InChI is InChI=1S/C17H25N5O2/c1-5-13-18-8-10-22(13)9-6-7-19-14(23)12-11-20-16(17(2,3)4)21-15(12)24/h8,10-11H,5-7,9H2,1-4H3,(H,19,23)(H,20,21,24). The van der Waals surface area contributed by atoms with Crippen LogP contribution in [0.5, 0.6) is 0 Å². The normalized spacial score (nSPS) is 11.5. The van der Waals surface area contributed by atoms with E-state index in [9.17, 15) is 9.59 Å². The van der Waals surface area contributed by atoms with E-state index in [2.05, 4.69) is 31.8 Å². The maximum absolute atomic E-state index is 12.1. The van der Waals surface area contributed by atoms with Crippen LogP contribution in [0, 0.1) is 0 Å². The van der Waals surface area contributed by atoms with Gasteiger partial charge in [-0.25, -0.2) is 9.97 Å². The Morgan fingerprint density at radius 3 is 2.71 bits per heavy atom. The van der Waals surface area contributed by atoms with Crippen LogP contribution in [0.3, 0.4) is 0 Å². The molecule has 0 saturated carbocycles. The number of aromatic nitrogens is 4. The van der Waals surface area contributed by atoms with Crippen molar-refractivity contribution in [3.63, 3.8) is 0 Å². The number of aromatic amines is 1. The van der Waals surface area contributed by atoms with Crippen LogP contribution in [0.4, 0.5) is 0 Å². The number of nitrogens with zero attached hydrogens (tertiary/aromatic N) is 3. The van der Waals surface area contributed by atoms with Crippen LogP contribution in [0.15, 0.2) is 23.4 Å². The fraction of sp³-hybridized carbons (Fsp3) is 0.529. The number of carbonyl (C=O) groups is 1. The van der Waals surface area contributed by atoms with Crippen LogP contribution < -0.4 is 10.9 Å². The lowest BCUT2D eigenvalue weighted by atomic mass is 9.96. The summed E-state index contributed by atoms with van der Waals surface area (Å²) >= 11 is 0. The molecule has 0 aliphatic heterocycles. The van der Waals surface area contributed by atoms with E-state index in [1.807, 2.05) is 27.0 Å². The first-order valence-electron chi connectivity index (χ1n) is 8.21. The molecule has 0 atom stereocenters. The highest BCUT2D eigenvalue weighted by molar-refractivity contribution is 5.93. The zero-order valence-electron chi connectivity index (χ0n) is 14.7. The van der Waals surface area contributed by atoms with Gasteiger partial charge in [-0.05, 0) is 6.42 Å². The van der Waals surface area contributed by atoms with Crippen LogP contribution >= 0.6 is 0 Å². The lowest BCUT2D eigenvalue weighted by Gasteiger charge is -2.16. The maximum Gasteiger partial charge on any atom is 0.263 e. The number of rotatable bonds is 6. The molecule has 2 aromatic heterocycles. The van der Waals surface area contributed by atoms with E-state index in [4.69, 9.17) is 0 Å². The number of nitrogens with one attached hydrogen (secondary N) is 2. The number of imidazole rings is 1. The molecular formula is C17H25N5O2. The van der Waals surface area contributed by atoms with Crippen molar-refractivity contribution in [2.45, 2.75) is 52.5 Å². The van der Waals surface area contributed by atoms with Crippen LogP contribution in [-0.4, -0.2) is 32.0 Å². The average molecular weight is 331 g/mol. The summed E-state index contributed by atoms with van der Waals surface area (Å²) in [7, 11) is 0. The van der Waals surface area contributed by atoms with Crippen molar-refractivity contribution in [2.24, 2.45) is 0 Å². The van der Waals surface area contributed by atoms with Gasteiger partial charge in [0, 0.05) is 43.5 Å². The molecule has 0 spiro atoms. The number of amides is 1. The lowest BCUT2D eigenvalue weighted by Crippen LogP contribution is -2.33. The SMILES string of the molecule is CCc1nccn1CCCNC(=O)c1cnc(C(C)(C)C)[nH]c1=O. The second-order valence-electron chi connectivity index (χ2n) is 6.72. The van der Waals surface area contributed by atoms with E-state index in [1.165, 1.54) is 6.20 Å². The zero-order chi connectivity index (χ0) is 17.7. The number of hydrogen-bond acceptors (Lipinski definition) is 4. The maximum atomic E-state index is 12.1. The van der Waals surface area contributed by atoms with Crippen molar-refractivity contribution in [2.75, 3.05) is 6.54 Å². The summed E-state index contributed by atoms with van der Waals surface area (Å²) < 4.78 is 2.07. The Bertz CT molecular complexity index is 755. The highest BCUT2D eigenvalue weighted by Crippen LogP contribution is 2.15. The summed E-state index contributed by atoms with van der Waals surface area (Å²) in [5.74, 6) is 1.20. The van der Waals surface area contributed by atoms with E-state index in [-0.39, 0.29) is 11.0 Å². The van der Waals surface area contributed by atoms with Gasteiger partial charge in [-0.3, -0.25) is 9.59 Å². The lowest BCUT2D eigenvalue weighted by molar-refractivity contribution is 0.0950. The molecule has 0 radical (unpaired) electrons. The van der Waals surface area contributed by atoms with E-state index in [0.29, 0.717) is 12.4 Å². The number of aryl methyl sites for hydroxylation is 2. The van der Waals surface area contributed by atoms with Crippen molar-refractivity contribution in [3.05, 3.63) is 46.2 Å². The Morgan fingerprint density at radius 2 is 2.08 bits per heavy atom. The Labute approximate surface area is 141 Å². The largest absolute Gasteiger partial charge is 0.352 e. The molecule has 0 aromatic carbocycles. The summed E-state index contributed by atoms with van der Waals surface area (Å²) in [6, 6.07) is 0. The zero-order valence-corrected chi connectivity index (χ0v) is 14.7. The fourth-order valence-corrected chi connectivity index (χ4v) is 2.34. The Balaban J connectivity index is 1.90. The quantitative estimate of drug-likeness (QED) is 0.787. The Hall–Kier alpha value is -2.44. The second kappa shape index (κ2) is 7.42. The van der Waals surface area contributed by atoms with Gasteiger partial charge in [-0.15, -0.1) is 0 Å². The molecule has 0 fully saturated rings. The van der Waals surface area contributed by atoms with Crippen LogP contribution in [-0.2, 0) is 18.4 Å². The molecule has 7 nitrogen and oxygen atoms in total. The third-order valence-electron chi connectivity index (χ3n) is 3.73. The summed E-state index contributed by atoms with van der Waals surface area (Å²) in [5.41, 5.74) is -0.633. The first kappa shape index (κ1) is 17.9. The van der Waals surface area contributed by atoms with Gasteiger partial charge >= 0.3 is 0 Å². The molecule has 0 aliphatic rings. The summed E-state index contributed by atoms with van der Waals surface area (Å²) in [6.07, 6.45) is 6.70. The van der Waals surface area contributed by atoms with Gasteiger partial charge in [-0.2, -0.15) is 0 Å². The number of carbonyl (C=O) groups excluding carboxylic acids is 1. The molecule has 0 saturated heterocycles. The summed E-state index contributed by atoms with van der Waals surface area (Å²) in [5, 5.41) is 2.77. The molecule has 0 bridgehead atoms. The molecule has 2 aromatic rings. The van der Waals surface area contributed by atoms with Crippen molar-refractivity contribution in [3.8, 4) is 0 Å². The molecule has 7 heteroatoms. The predicted octanol–water partition coefficient (Wildman–Crippen LogP) is 1.65. The Morgan fingerprint density at radius 1 is 1.33 bits per heavy atom. The van der Waals surface area contributed by atoms with Gasteiger partial charge in [0.1, 0.15) is 17.2 Å². The molecule has 0 aliphatic carbocycles. The fourth-order valence-electron chi connectivity index (χ4n) is 2.34. The van der Waals surface area contributed by atoms with Gasteiger partial charge in [0.2, 0.25) is 0 Å². The first-order valence-corrected chi connectivity index (χ1v) is 8.21. The summed E-state index contributed by atoms with van der Waals surface area (Å²) in [6.45, 7) is 9.17. The average Bonchev–Trinajstić information content (AvgIpc) is 2.97. The number of hydrogen-bond donors (Lipinski definition) is 2. The Kier molecular flexibility index (Phi) is 5.54. The van der Waals surface area contributed by atoms with Crippen LogP contribution in [0.2, 0.25) is 0 Å². The predicted molar refractivity (Wildman–Crippen MR) is 92.1 cm³/mol. The highest BCUT2D eigenvalue weighted by Gasteiger charge is 2.19. The van der Waals surface area contributed by atoms with E-state index >= 15 is 0 Å². The second-order valence-corrected chi connectivity index (χ2v) is 6.72. The van der Waals surface area contributed by atoms with Crippen molar-refractivity contribution < 1.29 is 4.79 Å². The molecule has 2 rings (SSSR count). The molecule has 130 valence electrons. The smallest absolute Gasteiger partial charge is 0.263 e. The third kappa shape index (κ3) is 4.31. The van der Waals surface area contributed by atoms with Crippen molar-refractivity contribution in [1.82, 2.24) is 24.8 Å². The minimum absolute atomic E-state index is 0.0416. The van der Waals surface area contributed by atoms with Gasteiger partial charge < -0.3 is 14.9 Å². The van der Waals surface area contributed by atoms with Gasteiger partial charge in [0.05, 0.1) is 0 Å². The molecule has 24 heavy (non-hydrogen) atoms. The molecule has 2 heterocycles. The minimum Gasteiger partial charge on any atom is -0.352 e. The van der Waals surface area contributed by atoms with E-state index in [1.54, 1.807) is 6.20 Å². The van der Waals surface area contributed by atoms with Gasteiger partial charge in [-0.1, -0.05) is 27.7 Å². The summed E-state index contributed by atoms with van der Waals surface area (Å²) in [4.78, 5) is 35.3. The van der Waals surface area contributed by atoms with Crippen LogP contribution in [0.25, 0.3) is 0 Å². The van der Waals surface area contributed by atoms with Crippen molar-refractivity contribution in [1.29, 1.82) is 0 Å². The molecule has 2 N–H and O–H groups in total. The van der Waals surface area contributed by atoms with Gasteiger partial charge in [0.25, 0.3) is 11.5 Å². The molecular weight excluding hydrogens is 306 g/mol. The van der Waals surface area contributed by atoms with Crippen LogP contribution in [0.1, 0.15) is 56.1 Å². The number of H-pyrrole nitrogens is 1. The van der Waals surface area contributed by atoms with E-state index < -0.39 is 11.5 Å². The molecule has 1 amide bonds. The highest BCUT2D eigenvalue weighted by atomic mass is 16.2. The first-order chi connectivity index (χ1) is 11.3.